The molecule has 0 saturated heterocycles. The van der Waals surface area contributed by atoms with Crippen molar-refractivity contribution in [3.8, 4) is 10.4 Å². The molecule has 0 amide bonds. The van der Waals surface area contributed by atoms with Crippen LogP contribution in [0, 0.1) is 0 Å². The number of hydrogen-bond donors (Lipinski definition) is 1. The van der Waals surface area contributed by atoms with E-state index < -0.39 is 0 Å². The summed E-state index contributed by atoms with van der Waals surface area (Å²) >= 11 is 5.11. The molecule has 2 aromatic rings. The van der Waals surface area contributed by atoms with E-state index in [1.165, 1.54) is 0 Å². The lowest BCUT2D eigenvalue weighted by atomic mass is 10.2. The van der Waals surface area contributed by atoms with Crippen LogP contribution in [0.15, 0.2) is 34.2 Å². The van der Waals surface area contributed by atoms with Crippen molar-refractivity contribution in [1.29, 1.82) is 0 Å². The maximum absolute atomic E-state index is 5.76. The Morgan fingerprint density at radius 3 is 2.85 bits per heavy atom. The first-order chi connectivity index (χ1) is 6.29. The van der Waals surface area contributed by atoms with Gasteiger partial charge in [-0.05, 0) is 39.5 Å². The molecule has 0 aliphatic rings. The summed E-state index contributed by atoms with van der Waals surface area (Å²) in [6.45, 7) is 0. The fourth-order valence-electron chi connectivity index (χ4n) is 1.10. The number of nitrogen functional groups attached to an aromatic ring is 1. The molecular weight excluding hydrogens is 248 g/mol. The summed E-state index contributed by atoms with van der Waals surface area (Å²) in [7, 11) is 0. The van der Waals surface area contributed by atoms with Crippen LogP contribution in [0.2, 0.25) is 0 Å². The number of aromatic nitrogens is 1. The van der Waals surface area contributed by atoms with Gasteiger partial charge in [0.2, 0.25) is 0 Å². The quantitative estimate of drug-likeness (QED) is 0.850. The SMILES string of the molecule is Nc1ncccc1-c1sccc1Br. The molecule has 2 rings (SSSR count). The average Bonchev–Trinajstić information content (AvgIpc) is 2.52. The zero-order chi connectivity index (χ0) is 9.26. The molecule has 0 radical (unpaired) electrons. The first-order valence-corrected chi connectivity index (χ1v) is 5.40. The Morgan fingerprint density at radius 2 is 2.23 bits per heavy atom. The Kier molecular flexibility index (Phi) is 2.33. The van der Waals surface area contributed by atoms with Gasteiger partial charge in [-0.3, -0.25) is 0 Å². The summed E-state index contributed by atoms with van der Waals surface area (Å²) < 4.78 is 1.07. The topological polar surface area (TPSA) is 38.9 Å². The van der Waals surface area contributed by atoms with Crippen LogP contribution in [-0.4, -0.2) is 4.98 Å². The van der Waals surface area contributed by atoms with Gasteiger partial charge in [-0.25, -0.2) is 4.98 Å². The molecule has 2 heterocycles. The number of anilines is 1. The summed E-state index contributed by atoms with van der Waals surface area (Å²) in [5.41, 5.74) is 6.75. The molecule has 2 aromatic heterocycles. The molecule has 0 saturated carbocycles. The summed E-state index contributed by atoms with van der Waals surface area (Å²) in [6.07, 6.45) is 1.69. The molecule has 2 nitrogen and oxygen atoms in total. The molecule has 0 fully saturated rings. The van der Waals surface area contributed by atoms with Gasteiger partial charge in [-0.15, -0.1) is 11.3 Å². The Morgan fingerprint density at radius 1 is 1.38 bits per heavy atom. The van der Waals surface area contributed by atoms with E-state index in [2.05, 4.69) is 20.9 Å². The number of nitrogens with two attached hydrogens (primary N) is 1. The average molecular weight is 255 g/mol. The van der Waals surface area contributed by atoms with Gasteiger partial charge in [0.25, 0.3) is 0 Å². The molecule has 0 bridgehead atoms. The van der Waals surface area contributed by atoms with Crippen LogP contribution >= 0.6 is 27.3 Å². The molecule has 0 aliphatic heterocycles. The maximum Gasteiger partial charge on any atom is 0.132 e. The highest BCUT2D eigenvalue weighted by Gasteiger charge is 2.07. The van der Waals surface area contributed by atoms with Gasteiger partial charge in [0, 0.05) is 16.2 Å². The monoisotopic (exact) mass is 254 g/mol. The van der Waals surface area contributed by atoms with E-state index in [9.17, 15) is 0 Å². The Balaban J connectivity index is 2.59. The Bertz CT molecular complexity index is 425. The number of thiophene rings is 1. The molecule has 13 heavy (non-hydrogen) atoms. The summed E-state index contributed by atoms with van der Waals surface area (Å²) in [6, 6.07) is 5.86. The van der Waals surface area contributed by atoms with Crippen molar-refractivity contribution >= 4 is 33.1 Å². The maximum atomic E-state index is 5.76. The molecule has 0 atom stereocenters. The predicted molar refractivity (Wildman–Crippen MR) is 59.7 cm³/mol. The molecule has 4 heteroatoms. The number of halogens is 1. The van der Waals surface area contributed by atoms with Crippen molar-refractivity contribution in [3.05, 3.63) is 34.2 Å². The Labute approximate surface area is 88.6 Å². The predicted octanol–water partition coefficient (Wildman–Crippen LogP) is 3.15. The number of hydrogen-bond acceptors (Lipinski definition) is 3. The normalized spacial score (nSPS) is 10.2. The fourth-order valence-corrected chi connectivity index (χ4v) is 2.72. The molecule has 0 unspecified atom stereocenters. The molecule has 0 spiro atoms. The molecule has 0 aliphatic carbocycles. The number of nitrogens with zero attached hydrogens (tertiary/aromatic N) is 1. The largest absolute Gasteiger partial charge is 0.383 e. The smallest absolute Gasteiger partial charge is 0.132 e. The van der Waals surface area contributed by atoms with Crippen molar-refractivity contribution in [2.45, 2.75) is 0 Å². The first-order valence-electron chi connectivity index (χ1n) is 3.73. The van der Waals surface area contributed by atoms with Gasteiger partial charge in [0.15, 0.2) is 0 Å². The van der Waals surface area contributed by atoms with Gasteiger partial charge in [-0.1, -0.05) is 0 Å². The van der Waals surface area contributed by atoms with E-state index >= 15 is 0 Å². The zero-order valence-corrected chi connectivity index (χ0v) is 9.10. The molecular formula is C9H7BrN2S. The van der Waals surface area contributed by atoms with Crippen LogP contribution in [-0.2, 0) is 0 Å². The zero-order valence-electron chi connectivity index (χ0n) is 6.70. The van der Waals surface area contributed by atoms with Crippen LogP contribution in [0.4, 0.5) is 5.82 Å². The van der Waals surface area contributed by atoms with Crippen molar-refractivity contribution in [2.75, 3.05) is 5.73 Å². The van der Waals surface area contributed by atoms with Crippen molar-refractivity contribution < 1.29 is 0 Å². The van der Waals surface area contributed by atoms with Crippen molar-refractivity contribution in [2.24, 2.45) is 0 Å². The lowest BCUT2D eigenvalue weighted by Crippen LogP contribution is -1.91. The summed E-state index contributed by atoms with van der Waals surface area (Å²) in [5.74, 6) is 0.575. The van der Waals surface area contributed by atoms with Crippen molar-refractivity contribution in [3.63, 3.8) is 0 Å². The lowest BCUT2D eigenvalue weighted by Gasteiger charge is -2.01. The van der Waals surface area contributed by atoms with Gasteiger partial charge >= 0.3 is 0 Å². The first kappa shape index (κ1) is 8.72. The summed E-state index contributed by atoms with van der Waals surface area (Å²) in [5, 5.41) is 2.02. The van der Waals surface area contributed by atoms with Crippen LogP contribution < -0.4 is 5.73 Å². The van der Waals surface area contributed by atoms with E-state index in [0.717, 1.165) is 14.9 Å². The number of rotatable bonds is 1. The second kappa shape index (κ2) is 3.47. The van der Waals surface area contributed by atoms with Gasteiger partial charge in [0.05, 0.1) is 4.88 Å². The van der Waals surface area contributed by atoms with E-state index in [-0.39, 0.29) is 0 Å². The minimum Gasteiger partial charge on any atom is -0.383 e. The third-order valence-corrected chi connectivity index (χ3v) is 3.57. The van der Waals surface area contributed by atoms with E-state index in [1.807, 2.05) is 23.6 Å². The molecule has 66 valence electrons. The van der Waals surface area contributed by atoms with Gasteiger partial charge < -0.3 is 5.73 Å². The third-order valence-electron chi connectivity index (χ3n) is 1.70. The summed E-state index contributed by atoms with van der Waals surface area (Å²) in [4.78, 5) is 5.17. The van der Waals surface area contributed by atoms with Crippen LogP contribution in [0.1, 0.15) is 0 Å². The molecule has 2 N–H and O–H groups in total. The van der Waals surface area contributed by atoms with E-state index in [1.54, 1.807) is 17.5 Å². The van der Waals surface area contributed by atoms with E-state index in [0.29, 0.717) is 5.82 Å². The minimum atomic E-state index is 0.575. The Hall–Kier alpha value is -0.870. The minimum absolute atomic E-state index is 0.575. The van der Waals surface area contributed by atoms with Crippen LogP contribution in [0.5, 0.6) is 0 Å². The lowest BCUT2D eigenvalue weighted by molar-refractivity contribution is 1.34. The second-order valence-electron chi connectivity index (χ2n) is 2.53. The third kappa shape index (κ3) is 1.59. The van der Waals surface area contributed by atoms with Crippen LogP contribution in [0.3, 0.4) is 0 Å². The standard InChI is InChI=1S/C9H7BrN2S/c10-7-3-5-13-8(7)6-2-1-4-12-9(6)11/h1-5H,(H2,11,12). The molecule has 0 aromatic carbocycles. The van der Waals surface area contributed by atoms with E-state index in [4.69, 9.17) is 5.73 Å². The highest BCUT2D eigenvalue weighted by atomic mass is 79.9. The van der Waals surface area contributed by atoms with Crippen molar-refractivity contribution in [1.82, 2.24) is 4.98 Å². The fraction of sp³-hybridized carbons (Fsp3) is 0. The highest BCUT2D eigenvalue weighted by Crippen LogP contribution is 2.35. The second-order valence-corrected chi connectivity index (χ2v) is 4.30. The van der Waals surface area contributed by atoms with Crippen LogP contribution in [0.25, 0.3) is 10.4 Å². The van der Waals surface area contributed by atoms with Gasteiger partial charge in [0.1, 0.15) is 5.82 Å². The van der Waals surface area contributed by atoms with Gasteiger partial charge in [-0.2, -0.15) is 0 Å². The number of pyridine rings is 1. The highest BCUT2D eigenvalue weighted by molar-refractivity contribution is 9.10.